The minimum atomic E-state index is -0.519. The third-order valence-electron chi connectivity index (χ3n) is 4.28. The van der Waals surface area contributed by atoms with Crippen molar-refractivity contribution in [3.8, 4) is 11.8 Å². The largest absolute Gasteiger partial charge is 0.379 e. The van der Waals surface area contributed by atoms with Gasteiger partial charge in [0.1, 0.15) is 0 Å². The van der Waals surface area contributed by atoms with Crippen molar-refractivity contribution in [3.63, 3.8) is 0 Å². The molecule has 5 heteroatoms. The molecule has 2 aromatic carbocycles. The molecule has 2 N–H and O–H groups in total. The lowest BCUT2D eigenvalue weighted by atomic mass is 10.1. The fourth-order valence-corrected chi connectivity index (χ4v) is 2.77. The van der Waals surface area contributed by atoms with Gasteiger partial charge in [-0.25, -0.2) is 0 Å². The lowest BCUT2D eigenvalue weighted by Crippen LogP contribution is -2.35. The van der Waals surface area contributed by atoms with Crippen molar-refractivity contribution >= 4 is 12.0 Å². The van der Waals surface area contributed by atoms with Crippen LogP contribution in [-0.4, -0.2) is 37.1 Å². The minimum absolute atomic E-state index is 0.397. The zero-order chi connectivity index (χ0) is 19.1. The molecule has 0 unspecified atom stereocenters. The van der Waals surface area contributed by atoms with Crippen molar-refractivity contribution in [2.24, 2.45) is 5.73 Å². The smallest absolute Gasteiger partial charge is 0.248 e. The number of carbonyl (C=O) groups is 1. The summed E-state index contributed by atoms with van der Waals surface area (Å²) < 4.78 is 19.4. The van der Waals surface area contributed by atoms with Crippen molar-refractivity contribution in [3.05, 3.63) is 76.6 Å². The predicted octanol–water partition coefficient (Wildman–Crippen LogP) is 2.98. The van der Waals surface area contributed by atoms with Crippen molar-refractivity contribution in [1.82, 2.24) is 4.90 Å². The Morgan fingerprint density at radius 3 is 2.41 bits per heavy atom. The van der Waals surface area contributed by atoms with Gasteiger partial charge in [0.2, 0.25) is 5.91 Å². The van der Waals surface area contributed by atoms with Crippen LogP contribution in [0.5, 0.6) is 0 Å². The van der Waals surface area contributed by atoms with Gasteiger partial charge in [-0.2, -0.15) is 4.39 Å². The van der Waals surface area contributed by atoms with Gasteiger partial charge in [0.25, 0.3) is 0 Å². The van der Waals surface area contributed by atoms with E-state index in [4.69, 9.17) is 10.5 Å². The molecule has 0 aliphatic carbocycles. The maximum Gasteiger partial charge on any atom is 0.248 e. The zero-order valence-electron chi connectivity index (χ0n) is 15.0. The average molecular weight is 364 g/mol. The lowest BCUT2D eigenvalue weighted by Gasteiger charge is -2.26. The third-order valence-corrected chi connectivity index (χ3v) is 4.28. The molecule has 2 aromatic rings. The van der Waals surface area contributed by atoms with Crippen LogP contribution < -0.4 is 5.73 Å². The summed E-state index contributed by atoms with van der Waals surface area (Å²) >= 11 is 0. The first kappa shape index (κ1) is 18.8. The summed E-state index contributed by atoms with van der Waals surface area (Å²) in [6, 6.07) is 14.2. The van der Waals surface area contributed by atoms with E-state index >= 15 is 0 Å². The molecule has 0 aromatic heterocycles. The summed E-state index contributed by atoms with van der Waals surface area (Å²) in [4.78, 5) is 13.4. The molecule has 1 amide bonds. The van der Waals surface area contributed by atoms with Crippen LogP contribution in [0.1, 0.15) is 27.0 Å². The Labute approximate surface area is 158 Å². The van der Waals surface area contributed by atoms with Crippen LogP contribution in [0.25, 0.3) is 6.08 Å². The molecule has 1 aliphatic rings. The quantitative estimate of drug-likeness (QED) is 0.849. The van der Waals surface area contributed by atoms with Crippen LogP contribution in [-0.2, 0) is 11.3 Å². The maximum atomic E-state index is 14.0. The van der Waals surface area contributed by atoms with Crippen LogP contribution in [0.2, 0.25) is 0 Å². The Balaban J connectivity index is 1.61. The Kier molecular flexibility index (Phi) is 6.37. The molecule has 1 aliphatic heterocycles. The number of nitrogens with two attached hydrogens (primary N) is 1. The van der Waals surface area contributed by atoms with E-state index < -0.39 is 11.7 Å². The zero-order valence-corrected chi connectivity index (χ0v) is 15.0. The molecule has 4 nitrogen and oxygen atoms in total. The Bertz CT molecular complexity index is 871. The number of primary amides is 1. The second kappa shape index (κ2) is 9.13. The number of amides is 1. The number of rotatable bonds is 4. The summed E-state index contributed by atoms with van der Waals surface area (Å²) in [5.74, 6) is 4.19. The highest BCUT2D eigenvalue weighted by molar-refractivity contribution is 5.92. The predicted molar refractivity (Wildman–Crippen MR) is 103 cm³/mol. The van der Waals surface area contributed by atoms with E-state index in [0.29, 0.717) is 11.1 Å². The van der Waals surface area contributed by atoms with Gasteiger partial charge in [0.15, 0.2) is 5.83 Å². The number of benzene rings is 2. The Morgan fingerprint density at radius 1 is 1.11 bits per heavy atom. The standard InChI is InChI=1S/C22H21FN2O2/c23-21(10-7-17-5-8-20(9-6-17)22(24)26)15-18-1-3-19(4-2-18)16-25-11-13-27-14-12-25/h1-6,8-9,15H,11-14,16H2,(H2,24,26)/b21-15-. The average Bonchev–Trinajstić information content (AvgIpc) is 2.69. The first-order valence-corrected chi connectivity index (χ1v) is 8.78. The highest BCUT2D eigenvalue weighted by Gasteiger charge is 2.10. The molecule has 1 fully saturated rings. The van der Waals surface area contributed by atoms with E-state index in [9.17, 15) is 9.18 Å². The monoisotopic (exact) mass is 364 g/mol. The molecule has 1 heterocycles. The van der Waals surface area contributed by atoms with Crippen molar-refractivity contribution in [1.29, 1.82) is 0 Å². The van der Waals surface area contributed by atoms with E-state index in [1.165, 1.54) is 11.6 Å². The molecule has 0 radical (unpaired) electrons. The van der Waals surface area contributed by atoms with Crippen molar-refractivity contribution in [2.75, 3.05) is 26.3 Å². The summed E-state index contributed by atoms with van der Waals surface area (Å²) in [6.07, 6.45) is 1.41. The Morgan fingerprint density at radius 2 is 1.78 bits per heavy atom. The van der Waals surface area contributed by atoms with Gasteiger partial charge in [-0.05, 0) is 47.4 Å². The highest BCUT2D eigenvalue weighted by atomic mass is 19.1. The molecule has 138 valence electrons. The number of halogens is 1. The first-order chi connectivity index (χ1) is 13.1. The van der Waals surface area contributed by atoms with Crippen LogP contribution in [0.3, 0.4) is 0 Å². The number of ether oxygens (including phenoxy) is 1. The molecule has 1 saturated heterocycles. The van der Waals surface area contributed by atoms with E-state index in [1.54, 1.807) is 24.3 Å². The molecule has 0 bridgehead atoms. The Hall–Kier alpha value is -2.94. The second-order valence-electron chi connectivity index (χ2n) is 6.31. The first-order valence-electron chi connectivity index (χ1n) is 8.78. The SMILES string of the molecule is NC(=O)c1ccc(C#C/C(F)=C/c2ccc(CN3CCOCC3)cc2)cc1. The number of allylic oxidation sites excluding steroid dienone is 1. The van der Waals surface area contributed by atoms with E-state index in [1.807, 2.05) is 24.3 Å². The molecule has 0 spiro atoms. The molecule has 3 rings (SSSR count). The van der Waals surface area contributed by atoms with Crippen LogP contribution in [0.4, 0.5) is 4.39 Å². The van der Waals surface area contributed by atoms with Crippen molar-refractivity contribution in [2.45, 2.75) is 6.54 Å². The van der Waals surface area contributed by atoms with Crippen LogP contribution >= 0.6 is 0 Å². The maximum absolute atomic E-state index is 14.0. The fraction of sp³-hybridized carbons (Fsp3) is 0.227. The molecule has 0 saturated carbocycles. The number of hydrogen-bond acceptors (Lipinski definition) is 3. The van der Waals surface area contributed by atoms with Gasteiger partial charge in [0.05, 0.1) is 13.2 Å². The number of nitrogens with zero attached hydrogens (tertiary/aromatic N) is 1. The summed E-state index contributed by atoms with van der Waals surface area (Å²) in [7, 11) is 0. The minimum Gasteiger partial charge on any atom is -0.379 e. The van der Waals surface area contributed by atoms with Gasteiger partial charge in [-0.15, -0.1) is 0 Å². The third kappa shape index (κ3) is 5.78. The van der Waals surface area contributed by atoms with Gasteiger partial charge in [-0.3, -0.25) is 9.69 Å². The normalized spacial score (nSPS) is 15.1. The highest BCUT2D eigenvalue weighted by Crippen LogP contribution is 2.12. The second-order valence-corrected chi connectivity index (χ2v) is 6.31. The molecular weight excluding hydrogens is 343 g/mol. The van der Waals surface area contributed by atoms with E-state index in [0.717, 1.165) is 38.4 Å². The summed E-state index contributed by atoms with van der Waals surface area (Å²) in [5, 5.41) is 0. The topological polar surface area (TPSA) is 55.6 Å². The van der Waals surface area contributed by atoms with Crippen molar-refractivity contribution < 1.29 is 13.9 Å². The fourth-order valence-electron chi connectivity index (χ4n) is 2.77. The van der Waals surface area contributed by atoms with Gasteiger partial charge in [-0.1, -0.05) is 30.2 Å². The van der Waals surface area contributed by atoms with Crippen LogP contribution in [0.15, 0.2) is 54.4 Å². The van der Waals surface area contributed by atoms with E-state index in [-0.39, 0.29) is 0 Å². The lowest BCUT2D eigenvalue weighted by molar-refractivity contribution is 0.0342. The van der Waals surface area contributed by atoms with Crippen LogP contribution in [0, 0.1) is 11.8 Å². The molecule has 27 heavy (non-hydrogen) atoms. The molecule has 0 atom stereocenters. The van der Waals surface area contributed by atoms with Gasteiger partial charge < -0.3 is 10.5 Å². The number of morpholine rings is 1. The van der Waals surface area contributed by atoms with E-state index in [2.05, 4.69) is 16.7 Å². The summed E-state index contributed by atoms with van der Waals surface area (Å²) in [5.41, 5.74) is 8.15. The molecular formula is C22H21FN2O2. The van der Waals surface area contributed by atoms with Gasteiger partial charge in [0, 0.05) is 30.8 Å². The number of hydrogen-bond donors (Lipinski definition) is 1. The summed E-state index contributed by atoms with van der Waals surface area (Å²) in [6.45, 7) is 4.29. The van der Waals surface area contributed by atoms with Gasteiger partial charge >= 0.3 is 0 Å². The number of carbonyl (C=O) groups excluding carboxylic acids is 1.